The molecule has 190 valence electrons. The van der Waals surface area contributed by atoms with Crippen LogP contribution in [0, 0.1) is 10.1 Å². The smallest absolute Gasteiger partial charge is 0.271 e. The minimum Gasteiger partial charge on any atom is -0.495 e. The lowest BCUT2D eigenvalue weighted by Gasteiger charge is -2.31. The van der Waals surface area contributed by atoms with Crippen LogP contribution in [0.4, 0.5) is 11.4 Å². The Bertz CT molecular complexity index is 1160. The SMILES string of the molecule is CC[C@H](C(=O)NCc1ccccc1CN1CCCC1)N(c1cc([N+](=O)[O-])ccc1OC)S(C)(=O)=O. The number of benzene rings is 2. The van der Waals surface area contributed by atoms with Gasteiger partial charge in [-0.15, -0.1) is 0 Å². The highest BCUT2D eigenvalue weighted by Crippen LogP contribution is 2.35. The standard InChI is InChI=1S/C24H32N4O6S/c1-4-21(27(35(3,32)33)22-15-20(28(30)31)11-12-23(22)34-2)24(29)25-16-18-9-5-6-10-19(18)17-26-13-7-8-14-26/h5-6,9-12,15,21H,4,7-8,13-14,16-17H2,1-3H3,(H,25,29)/t21-/m1/s1. The molecule has 10 nitrogen and oxygen atoms in total. The number of carbonyl (C=O) groups is 1. The highest BCUT2D eigenvalue weighted by Gasteiger charge is 2.34. The summed E-state index contributed by atoms with van der Waals surface area (Å²) in [6, 6.07) is 10.4. The average Bonchev–Trinajstić information content (AvgIpc) is 3.33. The molecule has 1 fully saturated rings. The van der Waals surface area contributed by atoms with E-state index in [2.05, 4.69) is 10.2 Å². The van der Waals surface area contributed by atoms with Gasteiger partial charge in [0.2, 0.25) is 15.9 Å². The normalized spacial score (nSPS) is 14.9. The van der Waals surface area contributed by atoms with E-state index in [0.29, 0.717) is 0 Å². The fourth-order valence-electron chi connectivity index (χ4n) is 4.37. The Hall–Kier alpha value is -3.18. The number of hydrogen-bond acceptors (Lipinski definition) is 7. The van der Waals surface area contributed by atoms with Crippen molar-refractivity contribution in [3.63, 3.8) is 0 Å². The lowest BCUT2D eigenvalue weighted by atomic mass is 10.1. The third-order valence-electron chi connectivity index (χ3n) is 6.10. The second kappa shape index (κ2) is 11.5. The van der Waals surface area contributed by atoms with Crippen LogP contribution in [0.2, 0.25) is 0 Å². The average molecular weight is 505 g/mol. The molecule has 2 aromatic carbocycles. The van der Waals surface area contributed by atoms with E-state index in [-0.39, 0.29) is 30.1 Å². The molecule has 3 rings (SSSR count). The van der Waals surface area contributed by atoms with Crippen molar-refractivity contribution < 1.29 is 22.9 Å². The van der Waals surface area contributed by atoms with Gasteiger partial charge in [0.25, 0.3) is 5.69 Å². The summed E-state index contributed by atoms with van der Waals surface area (Å²) in [5.74, 6) is -0.384. The van der Waals surface area contributed by atoms with Crippen molar-refractivity contribution in [1.82, 2.24) is 10.2 Å². The maximum absolute atomic E-state index is 13.3. The summed E-state index contributed by atoms with van der Waals surface area (Å²) >= 11 is 0. The number of hydrogen-bond donors (Lipinski definition) is 1. The number of nitrogens with one attached hydrogen (secondary N) is 1. The molecule has 1 atom stereocenters. The van der Waals surface area contributed by atoms with Crippen LogP contribution < -0.4 is 14.4 Å². The van der Waals surface area contributed by atoms with Crippen molar-refractivity contribution in [2.45, 2.75) is 45.3 Å². The van der Waals surface area contributed by atoms with E-state index in [1.807, 2.05) is 24.3 Å². The molecule has 2 aromatic rings. The Morgan fingerprint density at radius 1 is 1.20 bits per heavy atom. The van der Waals surface area contributed by atoms with E-state index >= 15 is 0 Å². The van der Waals surface area contributed by atoms with Gasteiger partial charge in [0.15, 0.2) is 0 Å². The number of carbonyl (C=O) groups excluding carboxylic acids is 1. The molecule has 1 amide bonds. The second-order valence-electron chi connectivity index (χ2n) is 8.57. The molecule has 0 radical (unpaired) electrons. The van der Waals surface area contributed by atoms with Crippen molar-refractivity contribution >= 4 is 27.3 Å². The molecule has 0 unspecified atom stereocenters. The van der Waals surface area contributed by atoms with Crippen molar-refractivity contribution in [2.75, 3.05) is 30.8 Å². The van der Waals surface area contributed by atoms with Crippen LogP contribution in [0.1, 0.15) is 37.3 Å². The zero-order chi connectivity index (χ0) is 25.6. The van der Waals surface area contributed by atoms with Crippen LogP contribution in [0.5, 0.6) is 5.75 Å². The zero-order valence-corrected chi connectivity index (χ0v) is 21.1. The molecule has 1 heterocycles. The van der Waals surface area contributed by atoms with Gasteiger partial charge in [-0.2, -0.15) is 0 Å². The number of sulfonamides is 1. The summed E-state index contributed by atoms with van der Waals surface area (Å²) < 4.78 is 31.8. The molecule has 0 aromatic heterocycles. The zero-order valence-electron chi connectivity index (χ0n) is 20.3. The van der Waals surface area contributed by atoms with Crippen LogP contribution in [0.25, 0.3) is 0 Å². The monoisotopic (exact) mass is 504 g/mol. The van der Waals surface area contributed by atoms with Gasteiger partial charge in [0.1, 0.15) is 17.5 Å². The Balaban J connectivity index is 1.87. The van der Waals surface area contributed by atoms with Crippen LogP contribution in [-0.4, -0.2) is 56.6 Å². The number of rotatable bonds is 11. The number of likely N-dealkylation sites (tertiary alicyclic amines) is 1. The number of anilines is 1. The Kier molecular flexibility index (Phi) is 8.68. The number of nitrogens with zero attached hydrogens (tertiary/aromatic N) is 3. The molecule has 1 aliphatic rings. The van der Waals surface area contributed by atoms with Gasteiger partial charge in [-0.05, 0) is 49.5 Å². The van der Waals surface area contributed by atoms with E-state index in [1.54, 1.807) is 6.92 Å². The molecule has 35 heavy (non-hydrogen) atoms. The molecular weight excluding hydrogens is 472 g/mol. The summed E-state index contributed by atoms with van der Waals surface area (Å²) in [7, 11) is -2.66. The van der Waals surface area contributed by atoms with Crippen LogP contribution in [0.3, 0.4) is 0 Å². The Labute approximate surface area is 206 Å². The molecule has 1 aliphatic heterocycles. The van der Waals surface area contributed by atoms with Gasteiger partial charge < -0.3 is 10.1 Å². The van der Waals surface area contributed by atoms with Crippen molar-refractivity contribution in [2.24, 2.45) is 0 Å². The molecule has 0 saturated carbocycles. The van der Waals surface area contributed by atoms with Crippen LogP contribution in [-0.2, 0) is 27.9 Å². The summed E-state index contributed by atoms with van der Waals surface area (Å²) in [6.45, 7) is 4.82. The molecule has 0 spiro atoms. The number of ether oxygens (including phenoxy) is 1. The molecule has 0 bridgehead atoms. The Morgan fingerprint density at radius 2 is 1.86 bits per heavy atom. The van der Waals surface area contributed by atoms with Gasteiger partial charge in [0, 0.05) is 25.2 Å². The van der Waals surface area contributed by atoms with E-state index in [9.17, 15) is 23.3 Å². The van der Waals surface area contributed by atoms with E-state index < -0.39 is 26.9 Å². The van der Waals surface area contributed by atoms with Gasteiger partial charge in [-0.3, -0.25) is 24.1 Å². The number of non-ortho nitro benzene ring substituents is 1. The fraction of sp³-hybridized carbons (Fsp3) is 0.458. The number of amides is 1. The fourth-order valence-corrected chi connectivity index (χ4v) is 5.57. The van der Waals surface area contributed by atoms with Gasteiger partial charge in [-0.25, -0.2) is 8.42 Å². The molecule has 1 saturated heterocycles. The molecule has 11 heteroatoms. The highest BCUT2D eigenvalue weighted by molar-refractivity contribution is 7.92. The van der Waals surface area contributed by atoms with E-state index in [0.717, 1.165) is 47.4 Å². The van der Waals surface area contributed by atoms with Crippen LogP contribution >= 0.6 is 0 Å². The van der Waals surface area contributed by atoms with Crippen molar-refractivity contribution in [1.29, 1.82) is 0 Å². The van der Waals surface area contributed by atoms with Gasteiger partial charge >= 0.3 is 0 Å². The lowest BCUT2D eigenvalue weighted by Crippen LogP contribution is -2.49. The third-order valence-corrected chi connectivity index (χ3v) is 7.27. The first kappa shape index (κ1) is 26.4. The summed E-state index contributed by atoms with van der Waals surface area (Å²) in [5.41, 5.74) is 1.71. The van der Waals surface area contributed by atoms with Gasteiger partial charge in [-0.1, -0.05) is 31.2 Å². The first-order valence-corrected chi connectivity index (χ1v) is 13.4. The molecule has 0 aliphatic carbocycles. The molecule has 1 N–H and O–H groups in total. The third kappa shape index (κ3) is 6.49. The molecular formula is C24H32N4O6S. The summed E-state index contributed by atoms with van der Waals surface area (Å²) in [6.07, 6.45) is 3.48. The largest absolute Gasteiger partial charge is 0.495 e. The highest BCUT2D eigenvalue weighted by atomic mass is 32.2. The maximum Gasteiger partial charge on any atom is 0.271 e. The maximum atomic E-state index is 13.3. The van der Waals surface area contributed by atoms with Crippen molar-refractivity contribution in [3.8, 4) is 5.75 Å². The number of nitro groups is 1. The lowest BCUT2D eigenvalue weighted by molar-refractivity contribution is -0.384. The summed E-state index contributed by atoms with van der Waals surface area (Å²) in [4.78, 5) is 26.4. The van der Waals surface area contributed by atoms with Gasteiger partial charge in [0.05, 0.1) is 18.3 Å². The van der Waals surface area contributed by atoms with Crippen LogP contribution in [0.15, 0.2) is 42.5 Å². The second-order valence-corrected chi connectivity index (χ2v) is 10.4. The Morgan fingerprint density at radius 3 is 2.43 bits per heavy atom. The number of methoxy groups -OCH3 is 1. The first-order valence-electron chi connectivity index (χ1n) is 11.5. The van der Waals surface area contributed by atoms with E-state index in [4.69, 9.17) is 4.74 Å². The summed E-state index contributed by atoms with van der Waals surface area (Å²) in [5, 5.41) is 14.2. The van der Waals surface area contributed by atoms with E-state index in [1.165, 1.54) is 32.1 Å². The minimum atomic E-state index is -3.99. The topological polar surface area (TPSA) is 122 Å². The predicted octanol–water partition coefficient (Wildman–Crippen LogP) is 3.06. The minimum absolute atomic E-state index is 0.0550. The number of nitro benzene ring substituents is 1. The predicted molar refractivity (Wildman–Crippen MR) is 134 cm³/mol. The first-order chi connectivity index (χ1) is 16.7. The van der Waals surface area contributed by atoms with Crippen molar-refractivity contribution in [3.05, 3.63) is 63.7 Å². The quantitative estimate of drug-likeness (QED) is 0.369.